The normalized spacial score (nSPS) is 11.5. The van der Waals surface area contributed by atoms with Crippen LogP contribution in [-0.2, 0) is 14.9 Å². The summed E-state index contributed by atoms with van der Waals surface area (Å²) >= 11 is 0. The minimum Gasteiger partial charge on any atom is -0.382 e. The number of nitrogens with zero attached hydrogens (tertiary/aromatic N) is 2. The molecule has 23 heavy (non-hydrogen) atoms. The predicted molar refractivity (Wildman–Crippen MR) is 90.9 cm³/mol. The molecule has 0 fully saturated rings. The molecule has 8 heteroatoms. The van der Waals surface area contributed by atoms with E-state index in [-0.39, 0.29) is 5.91 Å². The first kappa shape index (κ1) is 19.4. The minimum atomic E-state index is -3.53. The molecule has 0 aliphatic carbocycles. The lowest BCUT2D eigenvalue weighted by Gasteiger charge is -2.23. The Morgan fingerprint density at radius 3 is 2.30 bits per heavy atom. The van der Waals surface area contributed by atoms with E-state index >= 15 is 0 Å². The number of anilines is 1. The second-order valence-electron chi connectivity index (χ2n) is 5.11. The van der Waals surface area contributed by atoms with Crippen molar-refractivity contribution in [1.82, 2.24) is 9.62 Å². The van der Waals surface area contributed by atoms with Gasteiger partial charge in [-0.2, -0.15) is 12.7 Å². The Bertz CT molecular complexity index is 600. The summed E-state index contributed by atoms with van der Waals surface area (Å²) in [6.07, 6.45) is 0.751. The second kappa shape index (κ2) is 8.85. The van der Waals surface area contributed by atoms with Crippen LogP contribution < -0.4 is 9.62 Å². The van der Waals surface area contributed by atoms with Crippen LogP contribution in [-0.4, -0.2) is 59.5 Å². The molecule has 1 aromatic rings. The standard InChI is InChI=1S/C15H25N3O4S/c1-5-22-12-6-11-16-15(19)13-7-9-14(10-8-13)18(4)23(20,21)17(2)3/h7-10H,5-6,11-12H2,1-4H3,(H,16,19). The molecule has 0 atom stereocenters. The van der Waals surface area contributed by atoms with Gasteiger partial charge in [-0.05, 0) is 37.6 Å². The number of rotatable bonds is 9. The third kappa shape index (κ3) is 5.49. The summed E-state index contributed by atoms with van der Waals surface area (Å²) in [6.45, 7) is 3.74. The summed E-state index contributed by atoms with van der Waals surface area (Å²) in [7, 11) is 0.873. The molecule has 0 spiro atoms. The van der Waals surface area contributed by atoms with Crippen LogP contribution in [0.3, 0.4) is 0 Å². The highest BCUT2D eigenvalue weighted by Crippen LogP contribution is 2.18. The SMILES string of the molecule is CCOCCCNC(=O)c1ccc(N(C)S(=O)(=O)N(C)C)cc1. The average Bonchev–Trinajstić information content (AvgIpc) is 2.53. The molecule has 1 amide bonds. The maximum atomic E-state index is 12.0. The number of amides is 1. The van der Waals surface area contributed by atoms with Crippen LogP contribution >= 0.6 is 0 Å². The molecule has 0 saturated carbocycles. The Labute approximate surface area is 138 Å². The van der Waals surface area contributed by atoms with E-state index in [4.69, 9.17) is 4.74 Å². The Hall–Kier alpha value is -1.64. The van der Waals surface area contributed by atoms with Gasteiger partial charge in [0.15, 0.2) is 0 Å². The van der Waals surface area contributed by atoms with Crippen molar-refractivity contribution in [3.05, 3.63) is 29.8 Å². The van der Waals surface area contributed by atoms with E-state index in [1.165, 1.54) is 21.1 Å². The number of benzene rings is 1. The summed E-state index contributed by atoms with van der Waals surface area (Å²) in [5.41, 5.74) is 0.979. The van der Waals surface area contributed by atoms with E-state index in [9.17, 15) is 13.2 Å². The lowest BCUT2D eigenvalue weighted by molar-refractivity contribution is 0.0944. The molecule has 0 bridgehead atoms. The molecule has 0 aromatic heterocycles. The van der Waals surface area contributed by atoms with Crippen LogP contribution in [0.5, 0.6) is 0 Å². The molecule has 0 aliphatic rings. The van der Waals surface area contributed by atoms with Crippen LogP contribution in [0, 0.1) is 0 Å². The number of hydrogen-bond acceptors (Lipinski definition) is 4. The third-order valence-corrected chi connectivity index (χ3v) is 5.08. The molecule has 1 N–H and O–H groups in total. The van der Waals surface area contributed by atoms with Crippen LogP contribution in [0.2, 0.25) is 0 Å². The fourth-order valence-corrected chi connectivity index (χ4v) is 2.70. The quantitative estimate of drug-likeness (QED) is 0.681. The number of carbonyl (C=O) groups is 1. The maximum absolute atomic E-state index is 12.0. The van der Waals surface area contributed by atoms with Gasteiger partial charge in [0, 0.05) is 46.5 Å². The zero-order chi connectivity index (χ0) is 17.5. The van der Waals surface area contributed by atoms with E-state index in [0.29, 0.717) is 31.0 Å². The van der Waals surface area contributed by atoms with Crippen molar-refractivity contribution in [1.29, 1.82) is 0 Å². The van der Waals surface area contributed by atoms with Gasteiger partial charge in [0.05, 0.1) is 5.69 Å². The first-order valence-corrected chi connectivity index (χ1v) is 8.82. The minimum absolute atomic E-state index is 0.189. The van der Waals surface area contributed by atoms with Gasteiger partial charge in [0.1, 0.15) is 0 Å². The van der Waals surface area contributed by atoms with Gasteiger partial charge in [-0.1, -0.05) is 0 Å². The predicted octanol–water partition coefficient (Wildman–Crippen LogP) is 1.09. The van der Waals surface area contributed by atoms with Crippen molar-refractivity contribution in [2.24, 2.45) is 0 Å². The molecule has 0 heterocycles. The van der Waals surface area contributed by atoms with Crippen molar-refractivity contribution in [3.63, 3.8) is 0 Å². The van der Waals surface area contributed by atoms with E-state index in [1.54, 1.807) is 24.3 Å². The lowest BCUT2D eigenvalue weighted by Crippen LogP contribution is -2.37. The summed E-state index contributed by atoms with van der Waals surface area (Å²) in [6, 6.07) is 6.43. The first-order chi connectivity index (χ1) is 10.8. The van der Waals surface area contributed by atoms with E-state index < -0.39 is 10.2 Å². The Balaban J connectivity index is 2.64. The lowest BCUT2D eigenvalue weighted by atomic mass is 10.2. The fraction of sp³-hybridized carbons (Fsp3) is 0.533. The molecular formula is C15H25N3O4S. The Kier molecular flexibility index (Phi) is 7.47. The smallest absolute Gasteiger partial charge is 0.303 e. The van der Waals surface area contributed by atoms with Gasteiger partial charge < -0.3 is 10.1 Å². The Morgan fingerprint density at radius 1 is 1.17 bits per heavy atom. The zero-order valence-electron chi connectivity index (χ0n) is 14.1. The summed E-state index contributed by atoms with van der Waals surface area (Å²) in [4.78, 5) is 12.0. The summed E-state index contributed by atoms with van der Waals surface area (Å²) in [5.74, 6) is -0.189. The maximum Gasteiger partial charge on any atom is 0.303 e. The molecule has 130 valence electrons. The van der Waals surface area contributed by atoms with Crippen molar-refractivity contribution >= 4 is 21.8 Å². The molecule has 0 unspecified atom stereocenters. The second-order valence-corrected chi connectivity index (χ2v) is 7.28. The number of carbonyl (C=O) groups excluding carboxylic acids is 1. The van der Waals surface area contributed by atoms with Crippen LogP contribution in [0.1, 0.15) is 23.7 Å². The fourth-order valence-electron chi connectivity index (χ4n) is 1.82. The number of ether oxygens (including phenoxy) is 1. The van der Waals surface area contributed by atoms with E-state index in [2.05, 4.69) is 5.32 Å². The van der Waals surface area contributed by atoms with Crippen molar-refractivity contribution in [3.8, 4) is 0 Å². The largest absolute Gasteiger partial charge is 0.382 e. The highest BCUT2D eigenvalue weighted by atomic mass is 32.2. The van der Waals surface area contributed by atoms with Crippen LogP contribution in [0.25, 0.3) is 0 Å². The molecule has 0 radical (unpaired) electrons. The Morgan fingerprint density at radius 2 is 1.78 bits per heavy atom. The van der Waals surface area contributed by atoms with Gasteiger partial charge >= 0.3 is 10.2 Å². The highest BCUT2D eigenvalue weighted by molar-refractivity contribution is 7.90. The average molecular weight is 343 g/mol. The van der Waals surface area contributed by atoms with Gasteiger partial charge in [0.2, 0.25) is 0 Å². The van der Waals surface area contributed by atoms with Crippen LogP contribution in [0.15, 0.2) is 24.3 Å². The first-order valence-electron chi connectivity index (χ1n) is 7.43. The number of nitrogens with one attached hydrogen (secondary N) is 1. The molecule has 1 rings (SSSR count). The van der Waals surface area contributed by atoms with Crippen LogP contribution in [0.4, 0.5) is 5.69 Å². The monoisotopic (exact) mass is 343 g/mol. The van der Waals surface area contributed by atoms with Crippen molar-refractivity contribution < 1.29 is 17.9 Å². The molecule has 7 nitrogen and oxygen atoms in total. The highest BCUT2D eigenvalue weighted by Gasteiger charge is 2.20. The van der Waals surface area contributed by atoms with Crippen molar-refractivity contribution in [2.75, 3.05) is 45.2 Å². The van der Waals surface area contributed by atoms with Gasteiger partial charge in [-0.15, -0.1) is 0 Å². The van der Waals surface area contributed by atoms with Gasteiger partial charge in [-0.25, -0.2) is 0 Å². The van der Waals surface area contributed by atoms with E-state index in [0.717, 1.165) is 15.0 Å². The molecule has 0 saturated heterocycles. The van der Waals surface area contributed by atoms with E-state index in [1.807, 2.05) is 6.92 Å². The van der Waals surface area contributed by atoms with Gasteiger partial charge in [-0.3, -0.25) is 9.10 Å². The third-order valence-electron chi connectivity index (χ3n) is 3.26. The molecule has 0 aliphatic heterocycles. The molecular weight excluding hydrogens is 318 g/mol. The molecule has 1 aromatic carbocycles. The van der Waals surface area contributed by atoms with Crippen molar-refractivity contribution in [2.45, 2.75) is 13.3 Å². The number of hydrogen-bond donors (Lipinski definition) is 1. The zero-order valence-corrected chi connectivity index (χ0v) is 14.9. The summed E-state index contributed by atoms with van der Waals surface area (Å²) in [5, 5.41) is 2.80. The topological polar surface area (TPSA) is 79.0 Å². The van der Waals surface area contributed by atoms with Gasteiger partial charge in [0.25, 0.3) is 5.91 Å². The summed E-state index contributed by atoms with van der Waals surface area (Å²) < 4.78 is 31.6.